The molecule has 0 aromatic rings. The van der Waals surface area contributed by atoms with E-state index < -0.39 is 11.9 Å². The monoisotopic (exact) mass is 252 g/mol. The topological polar surface area (TPSA) is 111 Å². The first-order valence-corrected chi connectivity index (χ1v) is 5.81. The molecular formula is C11H16N4O3. The van der Waals surface area contributed by atoms with Crippen LogP contribution in [0.1, 0.15) is 19.3 Å². The van der Waals surface area contributed by atoms with Crippen molar-refractivity contribution in [1.29, 1.82) is 5.26 Å². The molecule has 3 amide bonds. The Balaban J connectivity index is 2.41. The fourth-order valence-corrected chi connectivity index (χ4v) is 1.87. The molecule has 0 bridgehead atoms. The van der Waals surface area contributed by atoms with Crippen LogP contribution < -0.4 is 16.0 Å². The van der Waals surface area contributed by atoms with Crippen molar-refractivity contribution < 1.29 is 14.4 Å². The maximum atomic E-state index is 11.5. The van der Waals surface area contributed by atoms with Gasteiger partial charge < -0.3 is 16.0 Å². The van der Waals surface area contributed by atoms with Crippen LogP contribution in [0.3, 0.4) is 0 Å². The third-order valence-corrected chi connectivity index (χ3v) is 2.76. The third-order valence-electron chi connectivity index (χ3n) is 2.76. The van der Waals surface area contributed by atoms with E-state index in [0.29, 0.717) is 19.4 Å². The molecule has 0 aliphatic carbocycles. The van der Waals surface area contributed by atoms with Crippen molar-refractivity contribution in [3.05, 3.63) is 0 Å². The minimum absolute atomic E-state index is 0.0678. The molecule has 7 nitrogen and oxygen atoms in total. The van der Waals surface area contributed by atoms with Crippen LogP contribution in [0.25, 0.3) is 0 Å². The standard InChI is InChI=1S/C11H16N4O3/c12-5-9(15-10(17)6-13-7-16)4-8-2-1-3-14-11(8)18/h7-9H,1-4,6H2,(H,13,16)(H,14,18)(H,15,17). The van der Waals surface area contributed by atoms with Crippen LogP contribution in [0.2, 0.25) is 0 Å². The number of carbonyl (C=O) groups is 3. The summed E-state index contributed by atoms with van der Waals surface area (Å²) >= 11 is 0. The van der Waals surface area contributed by atoms with E-state index in [-0.39, 0.29) is 18.4 Å². The number of hydrogen-bond donors (Lipinski definition) is 3. The van der Waals surface area contributed by atoms with Crippen LogP contribution >= 0.6 is 0 Å². The Bertz CT molecular complexity index is 364. The van der Waals surface area contributed by atoms with Crippen molar-refractivity contribution in [2.75, 3.05) is 13.1 Å². The average molecular weight is 252 g/mol. The minimum atomic E-state index is -0.709. The highest BCUT2D eigenvalue weighted by atomic mass is 16.2. The van der Waals surface area contributed by atoms with Gasteiger partial charge in [0.15, 0.2) is 0 Å². The molecule has 0 spiro atoms. The lowest BCUT2D eigenvalue weighted by Gasteiger charge is -2.23. The Labute approximate surface area is 105 Å². The zero-order chi connectivity index (χ0) is 13.4. The van der Waals surface area contributed by atoms with Gasteiger partial charge in [-0.1, -0.05) is 0 Å². The van der Waals surface area contributed by atoms with Gasteiger partial charge in [-0.25, -0.2) is 0 Å². The molecule has 1 heterocycles. The largest absolute Gasteiger partial charge is 0.356 e. The first kappa shape index (κ1) is 14.0. The Hall–Kier alpha value is -2.10. The van der Waals surface area contributed by atoms with E-state index in [9.17, 15) is 14.4 Å². The number of nitrogens with one attached hydrogen (secondary N) is 3. The van der Waals surface area contributed by atoms with Gasteiger partial charge in [0.05, 0.1) is 12.6 Å². The molecule has 98 valence electrons. The smallest absolute Gasteiger partial charge is 0.240 e. The number of rotatable bonds is 6. The summed E-state index contributed by atoms with van der Waals surface area (Å²) in [4.78, 5) is 32.8. The molecule has 2 atom stereocenters. The van der Waals surface area contributed by atoms with Gasteiger partial charge in [-0.05, 0) is 19.3 Å². The Morgan fingerprint density at radius 2 is 2.44 bits per heavy atom. The maximum absolute atomic E-state index is 11.5. The summed E-state index contributed by atoms with van der Waals surface area (Å²) in [5.74, 6) is -0.741. The third kappa shape index (κ3) is 4.41. The number of hydrogen-bond acceptors (Lipinski definition) is 4. The SMILES string of the molecule is N#CC(CC1CCCNC1=O)NC(=O)CNC=O. The minimum Gasteiger partial charge on any atom is -0.356 e. The van der Waals surface area contributed by atoms with Crippen molar-refractivity contribution in [2.45, 2.75) is 25.3 Å². The maximum Gasteiger partial charge on any atom is 0.240 e. The van der Waals surface area contributed by atoms with Crippen molar-refractivity contribution in [1.82, 2.24) is 16.0 Å². The Kier molecular flexibility index (Phi) is 5.64. The number of carbonyl (C=O) groups excluding carboxylic acids is 3. The number of nitriles is 1. The molecule has 1 saturated heterocycles. The predicted molar refractivity (Wildman–Crippen MR) is 62.0 cm³/mol. The normalized spacial score (nSPS) is 20.2. The van der Waals surface area contributed by atoms with Gasteiger partial charge in [0.1, 0.15) is 6.04 Å². The highest BCUT2D eigenvalue weighted by Crippen LogP contribution is 2.17. The lowest BCUT2D eigenvalue weighted by Crippen LogP contribution is -2.44. The second kappa shape index (κ2) is 7.27. The zero-order valence-electron chi connectivity index (χ0n) is 9.94. The summed E-state index contributed by atoms with van der Waals surface area (Å²) in [6.07, 6.45) is 2.33. The number of amides is 3. The molecular weight excluding hydrogens is 236 g/mol. The van der Waals surface area contributed by atoms with Crippen LogP contribution in [0.5, 0.6) is 0 Å². The van der Waals surface area contributed by atoms with Gasteiger partial charge in [-0.2, -0.15) is 5.26 Å². The first-order valence-electron chi connectivity index (χ1n) is 5.81. The Morgan fingerprint density at radius 3 is 3.06 bits per heavy atom. The molecule has 1 fully saturated rings. The van der Waals surface area contributed by atoms with E-state index >= 15 is 0 Å². The molecule has 1 aliphatic rings. The van der Waals surface area contributed by atoms with Gasteiger partial charge in [0.2, 0.25) is 18.2 Å². The van der Waals surface area contributed by atoms with Crippen LogP contribution in [0.15, 0.2) is 0 Å². The average Bonchev–Trinajstić information content (AvgIpc) is 2.38. The summed E-state index contributed by atoms with van der Waals surface area (Å²) in [5.41, 5.74) is 0. The Morgan fingerprint density at radius 1 is 1.67 bits per heavy atom. The second-order valence-electron chi connectivity index (χ2n) is 4.11. The summed E-state index contributed by atoms with van der Waals surface area (Å²) in [7, 11) is 0. The van der Waals surface area contributed by atoms with Crippen LogP contribution in [-0.2, 0) is 14.4 Å². The van der Waals surface area contributed by atoms with E-state index in [1.54, 1.807) is 0 Å². The fraction of sp³-hybridized carbons (Fsp3) is 0.636. The zero-order valence-corrected chi connectivity index (χ0v) is 9.94. The predicted octanol–water partition coefficient (Wildman–Crippen LogP) is -1.34. The van der Waals surface area contributed by atoms with Crippen molar-refractivity contribution >= 4 is 18.2 Å². The lowest BCUT2D eigenvalue weighted by atomic mass is 9.92. The summed E-state index contributed by atoms with van der Waals surface area (Å²) in [6.45, 7) is 0.501. The van der Waals surface area contributed by atoms with E-state index in [2.05, 4.69) is 16.0 Å². The molecule has 0 aromatic carbocycles. The molecule has 1 aliphatic heterocycles. The van der Waals surface area contributed by atoms with Gasteiger partial charge >= 0.3 is 0 Å². The van der Waals surface area contributed by atoms with Gasteiger partial charge in [-0.15, -0.1) is 0 Å². The second-order valence-corrected chi connectivity index (χ2v) is 4.11. The number of nitrogens with zero attached hydrogens (tertiary/aromatic N) is 1. The van der Waals surface area contributed by atoms with Gasteiger partial charge in [-0.3, -0.25) is 14.4 Å². The molecule has 1 rings (SSSR count). The molecule has 3 N–H and O–H groups in total. The van der Waals surface area contributed by atoms with Gasteiger partial charge in [0, 0.05) is 12.5 Å². The molecule has 0 radical (unpaired) electrons. The summed E-state index contributed by atoms with van der Waals surface area (Å²) in [6, 6.07) is 1.24. The molecule has 18 heavy (non-hydrogen) atoms. The summed E-state index contributed by atoms with van der Waals surface area (Å²) < 4.78 is 0. The molecule has 0 saturated carbocycles. The van der Waals surface area contributed by atoms with Crippen LogP contribution in [0, 0.1) is 17.2 Å². The molecule has 7 heteroatoms. The number of piperidine rings is 1. The van der Waals surface area contributed by atoms with E-state index in [4.69, 9.17) is 5.26 Å². The summed E-state index contributed by atoms with van der Waals surface area (Å²) in [5, 5.41) is 16.3. The van der Waals surface area contributed by atoms with Gasteiger partial charge in [0.25, 0.3) is 0 Å². The van der Waals surface area contributed by atoms with Crippen LogP contribution in [-0.4, -0.2) is 37.4 Å². The van der Waals surface area contributed by atoms with E-state index in [0.717, 1.165) is 12.8 Å². The van der Waals surface area contributed by atoms with Crippen molar-refractivity contribution in [3.63, 3.8) is 0 Å². The lowest BCUT2D eigenvalue weighted by molar-refractivity contribution is -0.127. The van der Waals surface area contributed by atoms with Crippen molar-refractivity contribution in [3.8, 4) is 6.07 Å². The highest BCUT2D eigenvalue weighted by molar-refractivity contribution is 5.81. The highest BCUT2D eigenvalue weighted by Gasteiger charge is 2.26. The molecule has 0 aromatic heterocycles. The fourth-order valence-electron chi connectivity index (χ4n) is 1.87. The van der Waals surface area contributed by atoms with E-state index in [1.807, 2.05) is 6.07 Å². The first-order chi connectivity index (χ1) is 8.67. The van der Waals surface area contributed by atoms with Crippen LogP contribution in [0.4, 0.5) is 0 Å². The molecule has 2 unspecified atom stereocenters. The quantitative estimate of drug-likeness (QED) is 0.508. The van der Waals surface area contributed by atoms with E-state index in [1.165, 1.54) is 0 Å². The van der Waals surface area contributed by atoms with Crippen molar-refractivity contribution in [2.24, 2.45) is 5.92 Å².